The van der Waals surface area contributed by atoms with E-state index in [9.17, 15) is 0 Å². The Bertz CT molecular complexity index is 114. The second kappa shape index (κ2) is 3.04. The van der Waals surface area contributed by atoms with Crippen molar-refractivity contribution in [1.29, 1.82) is 0 Å². The van der Waals surface area contributed by atoms with Gasteiger partial charge in [0.1, 0.15) is 0 Å². The topological polar surface area (TPSA) is 0 Å². The first kappa shape index (κ1) is 6.04. The first-order chi connectivity index (χ1) is 3.93. The Morgan fingerprint density at radius 1 is 1.50 bits per heavy atom. The number of allylic oxidation sites excluding steroid dienone is 4. The Morgan fingerprint density at radius 3 is 2.75 bits per heavy atom. The summed E-state index contributed by atoms with van der Waals surface area (Å²) >= 11 is 0. The lowest BCUT2D eigenvalue weighted by molar-refractivity contribution is 1.05. The van der Waals surface area contributed by atoms with Gasteiger partial charge >= 0.3 is 0 Å². The van der Waals surface area contributed by atoms with Crippen LogP contribution in [0.5, 0.6) is 0 Å². The zero-order valence-electron chi connectivity index (χ0n) is 5.09. The lowest BCUT2D eigenvalue weighted by atomic mass is 10.2. The molecule has 0 radical (unpaired) electrons. The van der Waals surface area contributed by atoms with Crippen molar-refractivity contribution in [2.75, 3.05) is 6.66 Å². The number of hydrogen-bond donors (Lipinski definition) is 0. The minimum Gasteiger partial charge on any atom is -0.118 e. The largest absolute Gasteiger partial charge is 0.118 e. The summed E-state index contributed by atoms with van der Waals surface area (Å²) in [6.45, 7) is 2.26. The van der Waals surface area contributed by atoms with Crippen LogP contribution in [0.1, 0.15) is 6.42 Å². The molecule has 44 valence electrons. The first-order valence-electron chi connectivity index (χ1n) is 2.94. The lowest BCUT2D eigenvalue weighted by Crippen LogP contribution is -1.94. The van der Waals surface area contributed by atoms with E-state index in [2.05, 4.69) is 31.0 Å². The maximum absolute atomic E-state index is 2.29. The normalized spacial score (nSPS) is 27.9. The van der Waals surface area contributed by atoms with Crippen LogP contribution in [0.3, 0.4) is 0 Å². The summed E-state index contributed by atoms with van der Waals surface area (Å²) in [5.41, 5.74) is 0.847. The zero-order chi connectivity index (χ0) is 5.82. The van der Waals surface area contributed by atoms with E-state index in [1.54, 1.807) is 0 Å². The molecule has 1 rings (SSSR count). The third-order valence-electron chi connectivity index (χ3n) is 1.35. The first-order valence-corrected chi connectivity index (χ1v) is 4.52. The Kier molecular flexibility index (Phi) is 2.29. The van der Waals surface area contributed by atoms with Crippen molar-refractivity contribution in [3.05, 3.63) is 24.3 Å². The van der Waals surface area contributed by atoms with E-state index in [1.807, 2.05) is 0 Å². The van der Waals surface area contributed by atoms with E-state index in [0.29, 0.717) is 0 Å². The van der Waals surface area contributed by atoms with Crippen LogP contribution in [0.2, 0.25) is 0 Å². The van der Waals surface area contributed by atoms with E-state index in [1.165, 1.54) is 6.42 Å². The predicted molar refractivity (Wildman–Crippen MR) is 40.9 cm³/mol. The Balaban J connectivity index is 2.40. The minimum atomic E-state index is 0.847. The molecule has 0 aromatic heterocycles. The van der Waals surface area contributed by atoms with Gasteiger partial charge in [-0.2, -0.15) is 0 Å². The fourth-order valence-corrected chi connectivity index (χ4v) is 1.47. The molecule has 1 heteroatoms. The van der Waals surface area contributed by atoms with Crippen molar-refractivity contribution in [2.24, 2.45) is 0 Å². The van der Waals surface area contributed by atoms with Crippen LogP contribution in [0.15, 0.2) is 24.3 Å². The van der Waals surface area contributed by atoms with E-state index in [4.69, 9.17) is 0 Å². The molecular weight excluding hydrogens is 115 g/mol. The highest BCUT2D eigenvalue weighted by molar-refractivity contribution is 7.38. The lowest BCUT2D eigenvalue weighted by Gasteiger charge is -2.07. The van der Waals surface area contributed by atoms with Crippen LogP contribution < -0.4 is 0 Å². The number of rotatable bonds is 1. The van der Waals surface area contributed by atoms with Gasteiger partial charge in [-0.25, -0.2) is 0 Å². The van der Waals surface area contributed by atoms with Gasteiger partial charge in [0.25, 0.3) is 0 Å². The molecule has 0 aromatic rings. The molecule has 0 aliphatic heterocycles. The molecule has 0 spiro atoms. The Morgan fingerprint density at radius 2 is 2.38 bits per heavy atom. The molecule has 0 bridgehead atoms. The maximum atomic E-state index is 2.29. The van der Waals surface area contributed by atoms with E-state index < -0.39 is 0 Å². The highest BCUT2D eigenvalue weighted by Crippen LogP contribution is 2.21. The quantitative estimate of drug-likeness (QED) is 0.472. The molecule has 0 nitrogen and oxygen atoms in total. The summed E-state index contributed by atoms with van der Waals surface area (Å²) in [5.74, 6) is 0. The summed E-state index contributed by atoms with van der Waals surface area (Å²) in [7, 11) is 1.07. The molecule has 0 fully saturated rings. The van der Waals surface area contributed by atoms with Crippen molar-refractivity contribution in [3.63, 3.8) is 0 Å². The second-order valence-electron chi connectivity index (χ2n) is 1.94. The molecule has 8 heavy (non-hydrogen) atoms. The van der Waals surface area contributed by atoms with Crippen molar-refractivity contribution in [2.45, 2.75) is 12.1 Å². The maximum Gasteiger partial charge on any atom is -0.00220 e. The predicted octanol–water partition coefficient (Wildman–Crippen LogP) is 2.18. The smallest absolute Gasteiger partial charge is 0.00220 e. The summed E-state index contributed by atoms with van der Waals surface area (Å²) in [6, 6.07) is 0. The van der Waals surface area contributed by atoms with Gasteiger partial charge in [-0.1, -0.05) is 24.3 Å². The monoisotopic (exact) mass is 126 g/mol. The average molecular weight is 126 g/mol. The summed E-state index contributed by atoms with van der Waals surface area (Å²) in [5, 5.41) is 0. The zero-order valence-corrected chi connectivity index (χ0v) is 6.09. The molecule has 0 saturated heterocycles. The van der Waals surface area contributed by atoms with Crippen LogP contribution in [-0.4, -0.2) is 12.3 Å². The van der Waals surface area contributed by atoms with Crippen LogP contribution in [0, 0.1) is 0 Å². The van der Waals surface area contributed by atoms with Gasteiger partial charge in [-0.05, 0) is 18.7 Å². The highest BCUT2D eigenvalue weighted by Gasteiger charge is 1.98. The summed E-state index contributed by atoms with van der Waals surface area (Å²) in [4.78, 5) is 0. The molecule has 0 amide bonds. The third kappa shape index (κ3) is 1.45. The van der Waals surface area contributed by atoms with Crippen LogP contribution in [-0.2, 0) is 0 Å². The fraction of sp³-hybridized carbons (Fsp3) is 0.429. The van der Waals surface area contributed by atoms with Gasteiger partial charge < -0.3 is 0 Å². The molecule has 2 atom stereocenters. The van der Waals surface area contributed by atoms with Crippen molar-refractivity contribution in [3.8, 4) is 0 Å². The summed E-state index contributed by atoms with van der Waals surface area (Å²) < 4.78 is 0. The van der Waals surface area contributed by atoms with Gasteiger partial charge in [0, 0.05) is 0 Å². The van der Waals surface area contributed by atoms with Crippen molar-refractivity contribution in [1.82, 2.24) is 0 Å². The van der Waals surface area contributed by atoms with Gasteiger partial charge in [0.15, 0.2) is 0 Å². The molecular formula is C7H11P. The molecule has 2 unspecified atom stereocenters. The average Bonchev–Trinajstić information content (AvgIpc) is 1.90. The molecule has 0 N–H and O–H groups in total. The Labute approximate surface area is 52.5 Å². The molecule has 0 saturated carbocycles. The Hall–Kier alpha value is -0.0900. The molecule has 0 aromatic carbocycles. The second-order valence-corrected chi connectivity index (χ2v) is 3.26. The highest BCUT2D eigenvalue weighted by atomic mass is 31.1. The standard InChI is InChI=1S/C7H11P/c1-8-7-5-3-2-4-6-7/h2-5,7-8H,6H2,1H3. The van der Waals surface area contributed by atoms with Gasteiger partial charge in [-0.3, -0.25) is 0 Å². The van der Waals surface area contributed by atoms with Crippen LogP contribution >= 0.6 is 8.58 Å². The van der Waals surface area contributed by atoms with E-state index in [0.717, 1.165) is 14.2 Å². The van der Waals surface area contributed by atoms with E-state index >= 15 is 0 Å². The number of hydrogen-bond acceptors (Lipinski definition) is 0. The van der Waals surface area contributed by atoms with Crippen LogP contribution in [0.25, 0.3) is 0 Å². The molecule has 0 heterocycles. The molecule has 1 aliphatic carbocycles. The van der Waals surface area contributed by atoms with Crippen LogP contribution in [0.4, 0.5) is 0 Å². The SMILES string of the molecule is CPC1C=CC=CC1. The minimum absolute atomic E-state index is 0.847. The van der Waals surface area contributed by atoms with Gasteiger partial charge in [0.2, 0.25) is 0 Å². The van der Waals surface area contributed by atoms with Crippen molar-refractivity contribution < 1.29 is 0 Å². The summed E-state index contributed by atoms with van der Waals surface area (Å²) in [6.07, 6.45) is 10.0. The molecule has 1 aliphatic rings. The van der Waals surface area contributed by atoms with Gasteiger partial charge in [-0.15, -0.1) is 8.58 Å². The third-order valence-corrected chi connectivity index (χ3v) is 2.52. The van der Waals surface area contributed by atoms with E-state index in [-0.39, 0.29) is 0 Å². The van der Waals surface area contributed by atoms with Gasteiger partial charge in [0.05, 0.1) is 0 Å². The fourth-order valence-electron chi connectivity index (χ4n) is 0.795. The van der Waals surface area contributed by atoms with Crippen molar-refractivity contribution >= 4 is 8.58 Å².